The molecule has 0 aliphatic rings. The lowest BCUT2D eigenvalue weighted by Crippen LogP contribution is -2.08. The standard InChI is InChI=1S/C20H23N5O/c1-14(2)26-18-10-5-4-9-17(18)25-20-12-19(23-15(3)24-20)22-13-16-8-6-7-11-21-16/h4-12,14H,13H2,1-3H3,(H2,22,23,24,25). The fourth-order valence-corrected chi connectivity index (χ4v) is 2.47. The predicted octanol–water partition coefficient (Wildman–Crippen LogP) is 4.32. The van der Waals surface area contributed by atoms with E-state index in [2.05, 4.69) is 25.6 Å². The minimum absolute atomic E-state index is 0.0979. The van der Waals surface area contributed by atoms with E-state index in [0.29, 0.717) is 18.2 Å². The largest absolute Gasteiger partial charge is 0.489 e. The van der Waals surface area contributed by atoms with E-state index in [1.807, 2.05) is 69.3 Å². The number of anilines is 3. The molecule has 1 aromatic carbocycles. The molecule has 3 aromatic rings. The Labute approximate surface area is 153 Å². The summed E-state index contributed by atoms with van der Waals surface area (Å²) in [6, 6.07) is 15.5. The van der Waals surface area contributed by atoms with Crippen molar-refractivity contribution in [3.63, 3.8) is 0 Å². The molecule has 0 aliphatic heterocycles. The van der Waals surface area contributed by atoms with Crippen LogP contribution in [0.5, 0.6) is 5.75 Å². The molecule has 0 fully saturated rings. The molecule has 0 amide bonds. The summed E-state index contributed by atoms with van der Waals surface area (Å²) in [5.74, 6) is 2.93. The molecule has 134 valence electrons. The predicted molar refractivity (Wildman–Crippen MR) is 104 cm³/mol. The zero-order valence-electron chi connectivity index (χ0n) is 15.2. The number of hydrogen-bond donors (Lipinski definition) is 2. The molecule has 0 saturated heterocycles. The Kier molecular flexibility index (Phi) is 5.63. The summed E-state index contributed by atoms with van der Waals surface area (Å²) in [7, 11) is 0. The second kappa shape index (κ2) is 8.29. The molecule has 3 rings (SSSR count). The van der Waals surface area contributed by atoms with E-state index in [0.717, 1.165) is 22.9 Å². The van der Waals surface area contributed by atoms with Gasteiger partial charge in [0.1, 0.15) is 23.2 Å². The molecule has 0 atom stereocenters. The monoisotopic (exact) mass is 349 g/mol. The van der Waals surface area contributed by atoms with Crippen molar-refractivity contribution >= 4 is 17.3 Å². The number of aryl methyl sites for hydroxylation is 1. The van der Waals surface area contributed by atoms with E-state index in [9.17, 15) is 0 Å². The molecule has 2 N–H and O–H groups in total. The Bertz CT molecular complexity index is 852. The minimum atomic E-state index is 0.0979. The summed E-state index contributed by atoms with van der Waals surface area (Å²) in [5, 5.41) is 6.62. The average molecular weight is 349 g/mol. The number of aromatic nitrogens is 3. The Morgan fingerprint density at radius 1 is 1.00 bits per heavy atom. The Morgan fingerprint density at radius 2 is 1.77 bits per heavy atom. The van der Waals surface area contributed by atoms with Crippen LogP contribution < -0.4 is 15.4 Å². The third kappa shape index (κ3) is 4.92. The van der Waals surface area contributed by atoms with Crippen LogP contribution in [0.2, 0.25) is 0 Å². The van der Waals surface area contributed by atoms with Gasteiger partial charge < -0.3 is 15.4 Å². The summed E-state index contributed by atoms with van der Waals surface area (Å²) >= 11 is 0. The van der Waals surface area contributed by atoms with Gasteiger partial charge in [0.15, 0.2) is 0 Å². The number of nitrogens with zero attached hydrogens (tertiary/aromatic N) is 3. The van der Waals surface area contributed by atoms with Crippen molar-refractivity contribution in [3.05, 3.63) is 66.2 Å². The zero-order chi connectivity index (χ0) is 18.4. The second-order valence-electron chi connectivity index (χ2n) is 6.15. The van der Waals surface area contributed by atoms with E-state index in [1.165, 1.54) is 0 Å². The number of para-hydroxylation sites is 2. The third-order valence-electron chi connectivity index (χ3n) is 3.53. The van der Waals surface area contributed by atoms with Crippen LogP contribution in [0.3, 0.4) is 0 Å². The quantitative estimate of drug-likeness (QED) is 0.662. The Hall–Kier alpha value is -3.15. The summed E-state index contributed by atoms with van der Waals surface area (Å²) < 4.78 is 5.85. The van der Waals surface area contributed by atoms with Crippen molar-refractivity contribution in [1.29, 1.82) is 0 Å². The number of rotatable bonds is 7. The van der Waals surface area contributed by atoms with Crippen molar-refractivity contribution in [3.8, 4) is 5.75 Å². The lowest BCUT2D eigenvalue weighted by Gasteiger charge is -2.15. The van der Waals surface area contributed by atoms with Crippen molar-refractivity contribution in [2.24, 2.45) is 0 Å². The van der Waals surface area contributed by atoms with Gasteiger partial charge in [0.05, 0.1) is 24.0 Å². The summed E-state index contributed by atoms with van der Waals surface area (Å²) in [5.41, 5.74) is 1.82. The highest BCUT2D eigenvalue weighted by atomic mass is 16.5. The summed E-state index contributed by atoms with van der Waals surface area (Å²) in [6.45, 7) is 6.48. The van der Waals surface area contributed by atoms with E-state index in [4.69, 9.17) is 4.74 Å². The molecule has 0 unspecified atom stereocenters. The molecule has 0 radical (unpaired) electrons. The van der Waals surface area contributed by atoms with Gasteiger partial charge in [-0.2, -0.15) is 0 Å². The number of nitrogens with one attached hydrogen (secondary N) is 2. The van der Waals surface area contributed by atoms with E-state index in [1.54, 1.807) is 6.20 Å². The second-order valence-corrected chi connectivity index (χ2v) is 6.15. The van der Waals surface area contributed by atoms with Crippen LogP contribution in [0, 0.1) is 6.92 Å². The fraction of sp³-hybridized carbons (Fsp3) is 0.250. The molecule has 0 bridgehead atoms. The van der Waals surface area contributed by atoms with Crippen LogP contribution in [0.25, 0.3) is 0 Å². The molecule has 26 heavy (non-hydrogen) atoms. The van der Waals surface area contributed by atoms with Crippen molar-refractivity contribution in [1.82, 2.24) is 15.0 Å². The van der Waals surface area contributed by atoms with Gasteiger partial charge >= 0.3 is 0 Å². The molecular formula is C20H23N5O. The summed E-state index contributed by atoms with van der Waals surface area (Å²) in [4.78, 5) is 13.2. The van der Waals surface area contributed by atoms with Gasteiger partial charge in [0, 0.05) is 12.3 Å². The van der Waals surface area contributed by atoms with Gasteiger partial charge in [-0.1, -0.05) is 18.2 Å². The van der Waals surface area contributed by atoms with Crippen LogP contribution in [-0.2, 0) is 6.54 Å². The van der Waals surface area contributed by atoms with Crippen LogP contribution in [0.1, 0.15) is 25.4 Å². The molecule has 0 saturated carbocycles. The van der Waals surface area contributed by atoms with Gasteiger partial charge in [-0.15, -0.1) is 0 Å². The maximum atomic E-state index is 5.85. The van der Waals surface area contributed by atoms with Gasteiger partial charge in [0.2, 0.25) is 0 Å². The lowest BCUT2D eigenvalue weighted by atomic mass is 10.3. The first-order valence-corrected chi connectivity index (χ1v) is 8.62. The first-order valence-electron chi connectivity index (χ1n) is 8.62. The van der Waals surface area contributed by atoms with E-state index < -0.39 is 0 Å². The average Bonchev–Trinajstić information content (AvgIpc) is 2.62. The first kappa shape index (κ1) is 17.7. The smallest absolute Gasteiger partial charge is 0.143 e. The van der Waals surface area contributed by atoms with Crippen LogP contribution in [-0.4, -0.2) is 21.1 Å². The Balaban J connectivity index is 1.76. The summed E-state index contributed by atoms with van der Waals surface area (Å²) in [6.07, 6.45) is 1.88. The first-order chi connectivity index (χ1) is 12.6. The van der Waals surface area contributed by atoms with Crippen LogP contribution in [0.4, 0.5) is 17.3 Å². The molecule has 2 aromatic heterocycles. The number of hydrogen-bond acceptors (Lipinski definition) is 6. The van der Waals surface area contributed by atoms with E-state index in [-0.39, 0.29) is 6.10 Å². The maximum Gasteiger partial charge on any atom is 0.143 e. The number of benzene rings is 1. The minimum Gasteiger partial charge on any atom is -0.489 e. The van der Waals surface area contributed by atoms with Crippen molar-refractivity contribution in [2.75, 3.05) is 10.6 Å². The fourth-order valence-electron chi connectivity index (χ4n) is 2.47. The highest BCUT2D eigenvalue weighted by Crippen LogP contribution is 2.28. The molecule has 6 nitrogen and oxygen atoms in total. The zero-order valence-corrected chi connectivity index (χ0v) is 15.2. The Morgan fingerprint density at radius 3 is 2.54 bits per heavy atom. The topological polar surface area (TPSA) is 72.0 Å². The number of pyridine rings is 1. The van der Waals surface area contributed by atoms with Crippen LogP contribution >= 0.6 is 0 Å². The van der Waals surface area contributed by atoms with Gasteiger partial charge in [-0.25, -0.2) is 9.97 Å². The van der Waals surface area contributed by atoms with E-state index >= 15 is 0 Å². The van der Waals surface area contributed by atoms with Gasteiger partial charge in [-0.3, -0.25) is 4.98 Å². The molecule has 6 heteroatoms. The van der Waals surface area contributed by atoms with Gasteiger partial charge in [-0.05, 0) is 45.0 Å². The lowest BCUT2D eigenvalue weighted by molar-refractivity contribution is 0.244. The molecule has 0 spiro atoms. The normalized spacial score (nSPS) is 10.6. The maximum absolute atomic E-state index is 5.85. The molecular weight excluding hydrogens is 326 g/mol. The van der Waals surface area contributed by atoms with Crippen molar-refractivity contribution in [2.45, 2.75) is 33.4 Å². The van der Waals surface area contributed by atoms with Gasteiger partial charge in [0.25, 0.3) is 0 Å². The highest BCUT2D eigenvalue weighted by Gasteiger charge is 2.08. The van der Waals surface area contributed by atoms with Crippen LogP contribution in [0.15, 0.2) is 54.7 Å². The van der Waals surface area contributed by atoms with Crippen molar-refractivity contribution < 1.29 is 4.74 Å². The molecule has 2 heterocycles. The molecule has 0 aliphatic carbocycles. The third-order valence-corrected chi connectivity index (χ3v) is 3.53. The SMILES string of the molecule is Cc1nc(NCc2ccccn2)cc(Nc2ccccc2OC(C)C)n1. The highest BCUT2D eigenvalue weighted by molar-refractivity contribution is 5.65. The number of ether oxygens (including phenoxy) is 1.